The molecule has 0 aliphatic carbocycles. The van der Waals surface area contributed by atoms with Gasteiger partial charge in [-0.2, -0.15) is 10.2 Å². The largest absolute Gasteiger partial charge is 0.493 e. The van der Waals surface area contributed by atoms with E-state index in [-0.39, 0.29) is 5.91 Å². The van der Waals surface area contributed by atoms with Crippen molar-refractivity contribution in [3.05, 3.63) is 47.4 Å². The van der Waals surface area contributed by atoms with Crippen LogP contribution >= 0.6 is 0 Å². The fourth-order valence-corrected chi connectivity index (χ4v) is 3.16. The quantitative estimate of drug-likeness (QED) is 0.626. The molecule has 0 fully saturated rings. The smallest absolute Gasteiger partial charge is 0.275 e. The lowest BCUT2D eigenvalue weighted by atomic mass is 10.1. The molecule has 154 valence electrons. The van der Waals surface area contributed by atoms with Crippen LogP contribution in [0.2, 0.25) is 0 Å². The second kappa shape index (κ2) is 8.68. The van der Waals surface area contributed by atoms with Gasteiger partial charge in [-0.1, -0.05) is 0 Å². The summed E-state index contributed by atoms with van der Waals surface area (Å²) in [5.74, 6) is 1.96. The van der Waals surface area contributed by atoms with Crippen molar-refractivity contribution < 1.29 is 19.0 Å². The van der Waals surface area contributed by atoms with Gasteiger partial charge >= 0.3 is 0 Å². The maximum atomic E-state index is 12.7. The first kappa shape index (κ1) is 20.2. The standard InChI is InChI=1S/C20H25N5O4/c1-6-24-15(11-13(2)23-24)20(26)22-17-9-10-21-25(17)12-14-7-8-16(27-3)19(29-5)18(14)28-4/h7-11H,6,12H2,1-5H3,(H,22,26). The highest BCUT2D eigenvalue weighted by Gasteiger charge is 2.19. The zero-order valence-corrected chi connectivity index (χ0v) is 17.2. The number of rotatable bonds is 8. The number of aryl methyl sites for hydroxylation is 2. The zero-order valence-electron chi connectivity index (χ0n) is 17.2. The first-order valence-electron chi connectivity index (χ1n) is 9.17. The number of benzene rings is 1. The van der Waals surface area contributed by atoms with E-state index in [1.54, 1.807) is 55.1 Å². The van der Waals surface area contributed by atoms with Crippen LogP contribution in [0.3, 0.4) is 0 Å². The van der Waals surface area contributed by atoms with Crippen LogP contribution in [0.5, 0.6) is 17.2 Å². The molecule has 0 saturated carbocycles. The molecule has 0 atom stereocenters. The van der Waals surface area contributed by atoms with E-state index in [0.29, 0.717) is 41.8 Å². The van der Waals surface area contributed by atoms with E-state index in [0.717, 1.165) is 11.3 Å². The minimum atomic E-state index is -0.242. The fourth-order valence-electron chi connectivity index (χ4n) is 3.16. The lowest BCUT2D eigenvalue weighted by molar-refractivity contribution is 0.101. The van der Waals surface area contributed by atoms with E-state index in [1.165, 1.54) is 0 Å². The molecule has 0 bridgehead atoms. The summed E-state index contributed by atoms with van der Waals surface area (Å²) in [7, 11) is 4.70. The van der Waals surface area contributed by atoms with Crippen LogP contribution in [-0.2, 0) is 13.1 Å². The second-order valence-corrected chi connectivity index (χ2v) is 6.31. The number of nitrogens with zero attached hydrogens (tertiary/aromatic N) is 4. The topological polar surface area (TPSA) is 92.4 Å². The molecule has 2 aromatic heterocycles. The van der Waals surface area contributed by atoms with Crippen molar-refractivity contribution in [1.29, 1.82) is 0 Å². The summed E-state index contributed by atoms with van der Waals surface area (Å²) in [6, 6.07) is 7.19. The number of carbonyl (C=O) groups excluding carboxylic acids is 1. The number of aromatic nitrogens is 4. The lowest BCUT2D eigenvalue weighted by Gasteiger charge is -2.16. The molecule has 1 amide bonds. The maximum absolute atomic E-state index is 12.7. The van der Waals surface area contributed by atoms with Crippen LogP contribution in [0.4, 0.5) is 5.82 Å². The number of ether oxygens (including phenoxy) is 3. The minimum Gasteiger partial charge on any atom is -0.493 e. The zero-order chi connectivity index (χ0) is 21.0. The van der Waals surface area contributed by atoms with E-state index >= 15 is 0 Å². The van der Waals surface area contributed by atoms with E-state index in [2.05, 4.69) is 15.5 Å². The number of nitrogens with one attached hydrogen (secondary N) is 1. The number of carbonyl (C=O) groups is 1. The Balaban J connectivity index is 1.87. The molecule has 0 unspecified atom stereocenters. The predicted octanol–water partition coefficient (Wildman–Crippen LogP) is 2.73. The Bertz CT molecular complexity index is 1010. The monoisotopic (exact) mass is 399 g/mol. The highest BCUT2D eigenvalue weighted by atomic mass is 16.5. The molecule has 3 rings (SSSR count). The van der Waals surface area contributed by atoms with E-state index in [1.807, 2.05) is 19.9 Å². The van der Waals surface area contributed by atoms with Gasteiger partial charge in [0.15, 0.2) is 11.5 Å². The molecular formula is C20H25N5O4. The molecule has 0 radical (unpaired) electrons. The Hall–Kier alpha value is -3.49. The van der Waals surface area contributed by atoms with Gasteiger partial charge in [-0.25, -0.2) is 4.68 Å². The Morgan fingerprint density at radius 3 is 2.48 bits per heavy atom. The van der Waals surface area contributed by atoms with Gasteiger partial charge in [0.1, 0.15) is 11.5 Å². The van der Waals surface area contributed by atoms with Crippen LogP contribution in [0.1, 0.15) is 28.7 Å². The number of hydrogen-bond acceptors (Lipinski definition) is 6. The van der Waals surface area contributed by atoms with Gasteiger partial charge in [0.2, 0.25) is 5.75 Å². The lowest BCUT2D eigenvalue weighted by Crippen LogP contribution is -2.20. The molecule has 9 nitrogen and oxygen atoms in total. The summed E-state index contributed by atoms with van der Waals surface area (Å²) in [4.78, 5) is 12.7. The van der Waals surface area contributed by atoms with Gasteiger partial charge in [0, 0.05) is 18.2 Å². The molecule has 0 saturated heterocycles. The number of methoxy groups -OCH3 is 3. The molecule has 1 N–H and O–H groups in total. The fraction of sp³-hybridized carbons (Fsp3) is 0.350. The molecule has 2 heterocycles. The minimum absolute atomic E-state index is 0.242. The first-order chi connectivity index (χ1) is 14.0. The Labute approximate surface area is 169 Å². The molecule has 9 heteroatoms. The second-order valence-electron chi connectivity index (χ2n) is 6.31. The van der Waals surface area contributed by atoms with E-state index in [9.17, 15) is 4.79 Å². The number of hydrogen-bond donors (Lipinski definition) is 1. The van der Waals surface area contributed by atoms with Crippen LogP contribution in [0, 0.1) is 6.92 Å². The average Bonchev–Trinajstić information content (AvgIpc) is 3.33. The maximum Gasteiger partial charge on any atom is 0.275 e. The predicted molar refractivity (Wildman–Crippen MR) is 108 cm³/mol. The van der Waals surface area contributed by atoms with Gasteiger partial charge in [-0.15, -0.1) is 0 Å². The van der Waals surface area contributed by atoms with Crippen molar-refractivity contribution >= 4 is 11.7 Å². The van der Waals surface area contributed by atoms with Gasteiger partial charge < -0.3 is 19.5 Å². The van der Waals surface area contributed by atoms with Gasteiger partial charge in [-0.3, -0.25) is 9.48 Å². The van der Waals surface area contributed by atoms with Gasteiger partial charge in [0.25, 0.3) is 5.91 Å². The molecule has 0 aliphatic heterocycles. The Morgan fingerprint density at radius 1 is 1.07 bits per heavy atom. The summed E-state index contributed by atoms with van der Waals surface area (Å²) in [5, 5.41) is 11.6. The molecule has 0 spiro atoms. The summed E-state index contributed by atoms with van der Waals surface area (Å²) < 4.78 is 19.7. The molecule has 3 aromatic rings. The Kier molecular flexibility index (Phi) is 6.06. The van der Waals surface area contributed by atoms with Crippen molar-refractivity contribution in [3.63, 3.8) is 0 Å². The summed E-state index contributed by atoms with van der Waals surface area (Å²) >= 11 is 0. The summed E-state index contributed by atoms with van der Waals surface area (Å²) in [6.45, 7) is 4.78. The number of amides is 1. The molecule has 1 aromatic carbocycles. The molecule has 29 heavy (non-hydrogen) atoms. The summed E-state index contributed by atoms with van der Waals surface area (Å²) in [6.07, 6.45) is 1.63. The number of anilines is 1. The first-order valence-corrected chi connectivity index (χ1v) is 9.17. The van der Waals surface area contributed by atoms with Crippen molar-refractivity contribution in [1.82, 2.24) is 19.6 Å². The average molecular weight is 399 g/mol. The van der Waals surface area contributed by atoms with Crippen molar-refractivity contribution in [2.75, 3.05) is 26.6 Å². The van der Waals surface area contributed by atoms with Crippen LogP contribution in [-0.4, -0.2) is 46.8 Å². The van der Waals surface area contributed by atoms with Crippen LogP contribution in [0.25, 0.3) is 0 Å². The van der Waals surface area contributed by atoms with E-state index in [4.69, 9.17) is 14.2 Å². The van der Waals surface area contributed by atoms with Gasteiger partial charge in [0.05, 0.1) is 39.8 Å². The highest BCUT2D eigenvalue weighted by Crippen LogP contribution is 2.40. The summed E-state index contributed by atoms with van der Waals surface area (Å²) in [5.41, 5.74) is 2.13. The third-order valence-corrected chi connectivity index (χ3v) is 4.50. The van der Waals surface area contributed by atoms with Crippen molar-refractivity contribution in [2.45, 2.75) is 26.9 Å². The third-order valence-electron chi connectivity index (χ3n) is 4.50. The van der Waals surface area contributed by atoms with Gasteiger partial charge in [-0.05, 0) is 32.0 Å². The molecule has 0 aliphatic rings. The van der Waals surface area contributed by atoms with Crippen molar-refractivity contribution in [2.24, 2.45) is 0 Å². The highest BCUT2D eigenvalue weighted by molar-refractivity contribution is 6.02. The van der Waals surface area contributed by atoms with Crippen LogP contribution in [0.15, 0.2) is 30.5 Å². The Morgan fingerprint density at radius 2 is 1.83 bits per heavy atom. The van der Waals surface area contributed by atoms with Crippen LogP contribution < -0.4 is 19.5 Å². The molecular weight excluding hydrogens is 374 g/mol. The third kappa shape index (κ3) is 4.03. The van der Waals surface area contributed by atoms with Crippen molar-refractivity contribution in [3.8, 4) is 17.2 Å². The SMILES string of the molecule is CCn1nc(C)cc1C(=O)Nc1ccnn1Cc1ccc(OC)c(OC)c1OC. The van der Waals surface area contributed by atoms with E-state index < -0.39 is 0 Å². The normalized spacial score (nSPS) is 10.7.